The van der Waals surface area contributed by atoms with Crippen LogP contribution in [0.25, 0.3) is 0 Å². The number of hydrogen-bond donors (Lipinski definition) is 1. The Morgan fingerprint density at radius 1 is 1.80 bits per heavy atom. The Labute approximate surface area is 59.0 Å². The van der Waals surface area contributed by atoms with Crippen molar-refractivity contribution in [2.45, 2.75) is 25.0 Å². The number of hydrogen-bond acceptors (Lipinski definition) is 3. The van der Waals surface area contributed by atoms with E-state index < -0.39 is 18.2 Å². The second-order valence-corrected chi connectivity index (χ2v) is 2.24. The van der Waals surface area contributed by atoms with Crippen LogP contribution in [0.4, 0.5) is 0 Å². The molecular formula is C7H8O3. The number of aliphatic hydroxyl groups is 1. The first-order chi connectivity index (χ1) is 4.72. The zero-order valence-electron chi connectivity index (χ0n) is 5.41. The molecule has 0 aromatic rings. The minimum absolute atomic E-state index is 0.0676. The fourth-order valence-corrected chi connectivity index (χ4v) is 0.880. The van der Waals surface area contributed by atoms with Crippen molar-refractivity contribution in [2.75, 3.05) is 0 Å². The van der Waals surface area contributed by atoms with Gasteiger partial charge in [-0.1, -0.05) is 5.92 Å². The summed E-state index contributed by atoms with van der Waals surface area (Å²) in [6.45, 7) is 0. The maximum absolute atomic E-state index is 10.6. The summed E-state index contributed by atoms with van der Waals surface area (Å²) in [6.07, 6.45) is 4.27. The number of esters is 1. The number of carbonyl (C=O) groups excluding carboxylic acids is 1. The van der Waals surface area contributed by atoms with Gasteiger partial charge in [-0.3, -0.25) is 4.79 Å². The van der Waals surface area contributed by atoms with Gasteiger partial charge in [0, 0.05) is 6.42 Å². The largest absolute Gasteiger partial charge is 0.449 e. The molecule has 10 heavy (non-hydrogen) atoms. The molecule has 0 spiro atoms. The zero-order valence-corrected chi connectivity index (χ0v) is 5.41. The molecule has 0 amide bonds. The van der Waals surface area contributed by atoms with Crippen LogP contribution in [0.3, 0.4) is 0 Å². The van der Waals surface area contributed by atoms with Crippen molar-refractivity contribution >= 4 is 5.97 Å². The molecule has 1 saturated heterocycles. The normalized spacial score (nSPS) is 32.6. The van der Waals surface area contributed by atoms with E-state index in [-0.39, 0.29) is 6.42 Å². The molecule has 54 valence electrons. The van der Waals surface area contributed by atoms with Crippen LogP contribution in [0.1, 0.15) is 12.8 Å². The first kappa shape index (κ1) is 7.10. The van der Waals surface area contributed by atoms with Crippen molar-refractivity contribution in [1.29, 1.82) is 0 Å². The average Bonchev–Trinajstić information content (AvgIpc) is 1.85. The van der Waals surface area contributed by atoms with Crippen LogP contribution in [0.15, 0.2) is 0 Å². The number of ether oxygens (including phenoxy) is 1. The van der Waals surface area contributed by atoms with Gasteiger partial charge in [0.15, 0.2) is 6.10 Å². The minimum atomic E-state index is -0.623. The number of carbonyl (C=O) groups is 1. The number of rotatable bonds is 0. The van der Waals surface area contributed by atoms with E-state index in [2.05, 4.69) is 10.7 Å². The molecule has 0 aliphatic carbocycles. The van der Waals surface area contributed by atoms with Crippen molar-refractivity contribution < 1.29 is 14.6 Å². The highest BCUT2D eigenvalue weighted by Gasteiger charge is 2.25. The molecule has 1 aliphatic rings. The number of terminal acetylenes is 1. The van der Waals surface area contributed by atoms with E-state index in [9.17, 15) is 4.79 Å². The molecule has 1 fully saturated rings. The molecule has 2 atom stereocenters. The lowest BCUT2D eigenvalue weighted by atomic mass is 10.1. The second kappa shape index (κ2) is 2.72. The van der Waals surface area contributed by atoms with Gasteiger partial charge in [0.05, 0.1) is 12.5 Å². The quantitative estimate of drug-likeness (QED) is 0.370. The highest BCUT2D eigenvalue weighted by Crippen LogP contribution is 2.13. The standard InChI is InChI=1S/C7H8O3/c1-2-6-3-5(8)4-7(9)10-6/h1,5-6,8H,3-4H2/t5-,6+/m1/s1. The molecule has 1 heterocycles. The fourth-order valence-electron chi connectivity index (χ4n) is 0.880. The molecule has 0 aromatic heterocycles. The monoisotopic (exact) mass is 140 g/mol. The van der Waals surface area contributed by atoms with Gasteiger partial charge in [-0.2, -0.15) is 0 Å². The maximum Gasteiger partial charge on any atom is 0.309 e. The summed E-state index contributed by atoms with van der Waals surface area (Å²) in [5, 5.41) is 8.98. The lowest BCUT2D eigenvalue weighted by Crippen LogP contribution is -2.31. The van der Waals surface area contributed by atoms with Gasteiger partial charge >= 0.3 is 5.97 Å². The Morgan fingerprint density at radius 2 is 2.50 bits per heavy atom. The van der Waals surface area contributed by atoms with E-state index in [1.807, 2.05) is 0 Å². The predicted octanol–water partition coefficient (Wildman–Crippen LogP) is -0.314. The van der Waals surface area contributed by atoms with Gasteiger partial charge in [-0.15, -0.1) is 6.42 Å². The number of cyclic esters (lactones) is 1. The van der Waals surface area contributed by atoms with Gasteiger partial charge in [-0.05, 0) is 0 Å². The minimum Gasteiger partial charge on any atom is -0.449 e. The summed E-state index contributed by atoms with van der Waals surface area (Å²) in [6, 6.07) is 0. The van der Waals surface area contributed by atoms with Gasteiger partial charge in [-0.25, -0.2) is 0 Å². The molecule has 0 saturated carbocycles. The van der Waals surface area contributed by atoms with Crippen LogP contribution in [0.2, 0.25) is 0 Å². The molecule has 1 N–H and O–H groups in total. The summed E-state index contributed by atoms with van der Waals surface area (Å²) in [5.41, 5.74) is 0. The predicted molar refractivity (Wildman–Crippen MR) is 34.0 cm³/mol. The van der Waals surface area contributed by atoms with Crippen molar-refractivity contribution in [1.82, 2.24) is 0 Å². The van der Waals surface area contributed by atoms with Crippen LogP contribution >= 0.6 is 0 Å². The van der Waals surface area contributed by atoms with Gasteiger partial charge in [0.2, 0.25) is 0 Å². The SMILES string of the molecule is C#C[C@H]1C[C@@H](O)CC(=O)O1. The second-order valence-electron chi connectivity index (χ2n) is 2.24. The lowest BCUT2D eigenvalue weighted by molar-refractivity contribution is -0.155. The topological polar surface area (TPSA) is 46.5 Å². The van der Waals surface area contributed by atoms with Crippen molar-refractivity contribution in [3.63, 3.8) is 0 Å². The Morgan fingerprint density at radius 3 is 3.00 bits per heavy atom. The molecular weight excluding hydrogens is 132 g/mol. The Bertz CT molecular complexity index is 180. The van der Waals surface area contributed by atoms with Crippen molar-refractivity contribution in [2.24, 2.45) is 0 Å². The summed E-state index contributed by atoms with van der Waals surface area (Å²) in [7, 11) is 0. The van der Waals surface area contributed by atoms with E-state index in [0.717, 1.165) is 0 Å². The Hall–Kier alpha value is -1.01. The summed E-state index contributed by atoms with van der Waals surface area (Å²) in [5.74, 6) is 1.85. The van der Waals surface area contributed by atoms with Crippen LogP contribution < -0.4 is 0 Å². The third-order valence-corrected chi connectivity index (χ3v) is 1.35. The molecule has 1 rings (SSSR count). The molecule has 0 radical (unpaired) electrons. The molecule has 3 nitrogen and oxygen atoms in total. The van der Waals surface area contributed by atoms with E-state index in [0.29, 0.717) is 6.42 Å². The third-order valence-electron chi connectivity index (χ3n) is 1.35. The molecule has 0 bridgehead atoms. The van der Waals surface area contributed by atoms with Crippen LogP contribution in [0.5, 0.6) is 0 Å². The fraction of sp³-hybridized carbons (Fsp3) is 0.571. The van der Waals surface area contributed by atoms with Crippen molar-refractivity contribution in [3.05, 3.63) is 0 Å². The molecule has 3 heteroatoms. The third kappa shape index (κ3) is 1.49. The van der Waals surface area contributed by atoms with E-state index in [1.165, 1.54) is 0 Å². The molecule has 0 aromatic carbocycles. The highest BCUT2D eigenvalue weighted by molar-refractivity contribution is 5.71. The van der Waals surface area contributed by atoms with Gasteiger partial charge in [0.1, 0.15) is 0 Å². The van der Waals surface area contributed by atoms with Gasteiger partial charge in [0.25, 0.3) is 0 Å². The Kier molecular flexibility index (Phi) is 1.93. The smallest absolute Gasteiger partial charge is 0.309 e. The van der Waals surface area contributed by atoms with Crippen molar-refractivity contribution in [3.8, 4) is 12.3 Å². The summed E-state index contributed by atoms with van der Waals surface area (Å²) in [4.78, 5) is 10.6. The first-order valence-electron chi connectivity index (χ1n) is 3.06. The molecule has 0 unspecified atom stereocenters. The van der Waals surface area contributed by atoms with E-state index >= 15 is 0 Å². The highest BCUT2D eigenvalue weighted by atomic mass is 16.5. The van der Waals surface area contributed by atoms with E-state index in [4.69, 9.17) is 11.5 Å². The maximum atomic E-state index is 10.6. The Balaban J connectivity index is 2.52. The average molecular weight is 140 g/mol. The summed E-state index contributed by atoms with van der Waals surface area (Å²) < 4.78 is 4.67. The van der Waals surface area contributed by atoms with Crippen LogP contribution in [-0.2, 0) is 9.53 Å². The first-order valence-corrected chi connectivity index (χ1v) is 3.06. The summed E-state index contributed by atoms with van der Waals surface area (Å²) >= 11 is 0. The zero-order chi connectivity index (χ0) is 7.56. The van der Waals surface area contributed by atoms with Crippen LogP contribution in [-0.4, -0.2) is 23.3 Å². The van der Waals surface area contributed by atoms with Crippen LogP contribution in [0, 0.1) is 12.3 Å². The van der Waals surface area contributed by atoms with E-state index in [1.54, 1.807) is 0 Å². The number of aliphatic hydroxyl groups excluding tert-OH is 1. The lowest BCUT2D eigenvalue weighted by Gasteiger charge is -2.21. The van der Waals surface area contributed by atoms with Gasteiger partial charge < -0.3 is 9.84 Å². The molecule has 1 aliphatic heterocycles.